The van der Waals surface area contributed by atoms with Crippen LogP contribution in [-0.2, 0) is 6.42 Å². The van der Waals surface area contributed by atoms with Crippen LogP contribution in [0.3, 0.4) is 0 Å². The van der Waals surface area contributed by atoms with E-state index >= 15 is 0 Å². The lowest BCUT2D eigenvalue weighted by atomic mass is 10.1. The van der Waals surface area contributed by atoms with Gasteiger partial charge in [-0.2, -0.15) is 5.10 Å². The first-order valence-electron chi connectivity index (χ1n) is 13.2. The lowest BCUT2D eigenvalue weighted by molar-refractivity contribution is 0.259. The van der Waals surface area contributed by atoms with Gasteiger partial charge in [0.25, 0.3) is 0 Å². The molecule has 0 saturated heterocycles. The zero-order chi connectivity index (χ0) is 28.8. The number of rotatable bonds is 9. The van der Waals surface area contributed by atoms with Crippen LogP contribution in [0.4, 0.5) is 26.9 Å². The minimum atomic E-state index is -0.743. The van der Waals surface area contributed by atoms with Crippen LogP contribution in [0, 0.1) is 6.92 Å². The van der Waals surface area contributed by atoms with Gasteiger partial charge in [-0.15, -0.1) is 0 Å². The number of aromatic nitrogens is 4. The summed E-state index contributed by atoms with van der Waals surface area (Å²) in [7, 11) is 0. The number of hydrogen-bond donors (Lipinski definition) is 4. The molecular weight excluding hydrogens is 520 g/mol. The number of carbonyl (C=O) groups is 2. The molecule has 11 heteroatoms. The fraction of sp³-hybridized carbons (Fsp3) is 0.167. The van der Waals surface area contributed by atoms with Gasteiger partial charge in [-0.3, -0.25) is 10.6 Å². The third-order valence-corrected chi connectivity index (χ3v) is 6.31. The maximum Gasteiger partial charge on any atom is 0.324 e. The van der Waals surface area contributed by atoms with E-state index in [-0.39, 0.29) is 11.7 Å². The summed E-state index contributed by atoms with van der Waals surface area (Å²) in [5, 5.41) is 14.6. The van der Waals surface area contributed by atoms with Gasteiger partial charge in [0.15, 0.2) is 0 Å². The van der Waals surface area contributed by atoms with Gasteiger partial charge in [-0.25, -0.2) is 24.2 Å². The van der Waals surface area contributed by atoms with Crippen molar-refractivity contribution in [1.82, 2.24) is 19.7 Å². The van der Waals surface area contributed by atoms with Gasteiger partial charge in [0.05, 0.1) is 17.1 Å². The molecule has 5 N–H and O–H groups in total. The van der Waals surface area contributed by atoms with Crippen LogP contribution in [0.15, 0.2) is 79.1 Å². The molecule has 5 aromatic rings. The van der Waals surface area contributed by atoms with Crippen molar-refractivity contribution < 1.29 is 14.3 Å². The first-order chi connectivity index (χ1) is 19.9. The number of nitrogens with two attached hydrogens (primary N) is 1. The lowest BCUT2D eigenvalue weighted by Gasteiger charge is -2.14. The topological polar surface area (TPSA) is 149 Å². The van der Waals surface area contributed by atoms with E-state index in [2.05, 4.69) is 32.8 Å². The summed E-state index contributed by atoms with van der Waals surface area (Å²) >= 11 is 0. The fourth-order valence-corrected chi connectivity index (χ4v) is 4.32. The maximum atomic E-state index is 13.2. The molecule has 0 atom stereocenters. The van der Waals surface area contributed by atoms with E-state index in [1.807, 2.05) is 61.5 Å². The molecular formula is C30H30N8O3. The van der Waals surface area contributed by atoms with E-state index in [9.17, 15) is 9.59 Å². The van der Waals surface area contributed by atoms with Gasteiger partial charge >= 0.3 is 12.1 Å². The smallest absolute Gasteiger partial charge is 0.324 e. The van der Waals surface area contributed by atoms with Crippen LogP contribution in [0.1, 0.15) is 31.0 Å². The number of nitrogens with zero attached hydrogens (tertiary/aromatic N) is 4. The summed E-state index contributed by atoms with van der Waals surface area (Å²) in [5.41, 5.74) is 8.68. The number of anilines is 3. The molecule has 11 nitrogen and oxygen atoms in total. The van der Waals surface area contributed by atoms with Crippen LogP contribution in [0.25, 0.3) is 16.5 Å². The Morgan fingerprint density at radius 1 is 0.927 bits per heavy atom. The van der Waals surface area contributed by atoms with Crippen LogP contribution < -0.4 is 26.4 Å². The predicted molar refractivity (Wildman–Crippen MR) is 159 cm³/mol. The number of aryl methyl sites for hydroxylation is 2. The summed E-state index contributed by atoms with van der Waals surface area (Å²) in [6.07, 6.45) is 4.15. The molecule has 0 unspecified atom stereocenters. The molecule has 0 aliphatic carbocycles. The molecule has 0 aliphatic heterocycles. The first-order valence-corrected chi connectivity index (χ1v) is 13.2. The average molecular weight is 551 g/mol. The molecule has 0 spiro atoms. The monoisotopic (exact) mass is 550 g/mol. The van der Waals surface area contributed by atoms with Crippen molar-refractivity contribution in [1.29, 1.82) is 0 Å². The number of hydrogen-bond acceptors (Lipinski definition) is 6. The second-order valence-electron chi connectivity index (χ2n) is 9.44. The molecule has 0 radical (unpaired) electrons. The van der Waals surface area contributed by atoms with Crippen molar-refractivity contribution in [2.24, 2.45) is 5.73 Å². The summed E-state index contributed by atoms with van der Waals surface area (Å²) in [4.78, 5) is 32.5. The Morgan fingerprint density at radius 3 is 2.46 bits per heavy atom. The SMILES string of the molecule is CCCCc1cc(NC(=O)Nc2ccc(Oc3cc(NC(N)=O)ncn3)c3ccccc23)n(-c2ccc(C)cc2)n1. The van der Waals surface area contributed by atoms with Crippen LogP contribution in [0.2, 0.25) is 0 Å². The molecule has 2 aromatic heterocycles. The summed E-state index contributed by atoms with van der Waals surface area (Å²) in [6, 6.07) is 21.2. The van der Waals surface area contributed by atoms with Crippen molar-refractivity contribution in [2.75, 3.05) is 16.0 Å². The standard InChI is InChI=1S/C30H30N8O3/c1-3-4-7-20-16-27(38(37-20)21-12-10-19(2)11-13-21)36-30(40)34-24-14-15-25(23-9-6-5-8-22(23)24)41-28-17-26(32-18-33-28)35-29(31)39/h5-6,8-18H,3-4,7H2,1-2H3,(H2,34,36,40)(H3,31,32,33,35,39). The number of amides is 4. The zero-order valence-electron chi connectivity index (χ0n) is 22.7. The van der Waals surface area contributed by atoms with Crippen molar-refractivity contribution in [3.63, 3.8) is 0 Å². The second kappa shape index (κ2) is 12.2. The van der Waals surface area contributed by atoms with E-state index in [0.29, 0.717) is 17.3 Å². The molecule has 0 bridgehead atoms. The summed E-state index contributed by atoms with van der Waals surface area (Å²) in [6.45, 7) is 4.16. The van der Waals surface area contributed by atoms with E-state index < -0.39 is 12.1 Å². The maximum absolute atomic E-state index is 13.2. The highest BCUT2D eigenvalue weighted by Crippen LogP contribution is 2.34. The van der Waals surface area contributed by atoms with E-state index in [4.69, 9.17) is 15.6 Å². The quantitative estimate of drug-likeness (QED) is 0.167. The van der Waals surface area contributed by atoms with Crippen molar-refractivity contribution in [2.45, 2.75) is 33.1 Å². The number of unbranched alkanes of at least 4 members (excludes halogenated alkanes) is 1. The molecule has 0 aliphatic rings. The van der Waals surface area contributed by atoms with Gasteiger partial charge < -0.3 is 15.8 Å². The Morgan fingerprint density at radius 2 is 1.71 bits per heavy atom. The zero-order valence-corrected chi connectivity index (χ0v) is 22.7. The Bertz CT molecular complexity index is 1700. The molecule has 0 saturated carbocycles. The number of primary amides is 1. The number of fused-ring (bicyclic) bond motifs is 1. The van der Waals surface area contributed by atoms with E-state index in [1.165, 1.54) is 12.4 Å². The Hall–Kier alpha value is -5.45. The van der Waals surface area contributed by atoms with E-state index in [0.717, 1.165) is 47.0 Å². The van der Waals surface area contributed by atoms with Crippen LogP contribution >= 0.6 is 0 Å². The van der Waals surface area contributed by atoms with Gasteiger partial charge in [-0.1, -0.05) is 55.3 Å². The molecule has 4 amide bonds. The summed E-state index contributed by atoms with van der Waals surface area (Å²) in [5.74, 6) is 1.51. The second-order valence-corrected chi connectivity index (χ2v) is 9.44. The van der Waals surface area contributed by atoms with Gasteiger partial charge in [-0.05, 0) is 44.0 Å². The average Bonchev–Trinajstić information content (AvgIpc) is 3.35. The number of urea groups is 2. The van der Waals surface area contributed by atoms with E-state index in [1.54, 1.807) is 16.8 Å². The molecule has 2 heterocycles. The lowest BCUT2D eigenvalue weighted by Crippen LogP contribution is -2.21. The minimum Gasteiger partial charge on any atom is -0.438 e. The number of carbonyl (C=O) groups excluding carboxylic acids is 2. The highest BCUT2D eigenvalue weighted by Gasteiger charge is 2.15. The third kappa shape index (κ3) is 6.59. The van der Waals surface area contributed by atoms with Crippen LogP contribution in [-0.4, -0.2) is 31.8 Å². The van der Waals surface area contributed by atoms with Crippen LogP contribution in [0.5, 0.6) is 11.6 Å². The Kier molecular flexibility index (Phi) is 8.05. The van der Waals surface area contributed by atoms with Gasteiger partial charge in [0, 0.05) is 22.9 Å². The first kappa shape index (κ1) is 27.1. The Balaban J connectivity index is 1.38. The fourth-order valence-electron chi connectivity index (χ4n) is 4.32. The number of nitrogens with one attached hydrogen (secondary N) is 3. The molecule has 3 aromatic carbocycles. The van der Waals surface area contributed by atoms with Crippen molar-refractivity contribution in [3.8, 4) is 17.3 Å². The highest BCUT2D eigenvalue weighted by atomic mass is 16.5. The summed E-state index contributed by atoms with van der Waals surface area (Å²) < 4.78 is 7.75. The van der Waals surface area contributed by atoms with Gasteiger partial charge in [0.2, 0.25) is 5.88 Å². The Labute approximate surface area is 236 Å². The minimum absolute atomic E-state index is 0.212. The molecule has 41 heavy (non-hydrogen) atoms. The molecule has 208 valence electrons. The molecule has 5 rings (SSSR count). The van der Waals surface area contributed by atoms with Gasteiger partial charge in [0.1, 0.15) is 23.7 Å². The van der Waals surface area contributed by atoms with Crippen molar-refractivity contribution >= 4 is 40.2 Å². The molecule has 0 fully saturated rings. The third-order valence-electron chi connectivity index (χ3n) is 6.31. The highest BCUT2D eigenvalue weighted by molar-refractivity contribution is 6.07. The normalized spacial score (nSPS) is 10.8. The predicted octanol–water partition coefficient (Wildman–Crippen LogP) is 6.39. The number of benzene rings is 3. The largest absolute Gasteiger partial charge is 0.438 e. The number of ether oxygens (including phenoxy) is 1. The van der Waals surface area contributed by atoms with Crippen molar-refractivity contribution in [3.05, 3.63) is 90.4 Å².